The lowest BCUT2D eigenvalue weighted by Gasteiger charge is -2.32. The van der Waals surface area contributed by atoms with Crippen LogP contribution in [-0.2, 0) is 16.0 Å². The van der Waals surface area contributed by atoms with Gasteiger partial charge in [0.2, 0.25) is 5.91 Å². The highest BCUT2D eigenvalue weighted by atomic mass is 16.5. The molecule has 1 aliphatic rings. The number of hydrogen-bond acceptors (Lipinski definition) is 3. The van der Waals surface area contributed by atoms with E-state index in [9.17, 15) is 4.79 Å². The van der Waals surface area contributed by atoms with E-state index in [2.05, 4.69) is 19.2 Å². The second kappa shape index (κ2) is 6.75. The number of benzene rings is 1. The highest BCUT2D eigenvalue weighted by Gasteiger charge is 2.25. The Bertz CT molecular complexity index is 451. The SMILES string of the molecule is COc1cccc(CC(=O)NC2CC(C)OC(C)C2)c1. The molecule has 1 aromatic carbocycles. The first-order valence-electron chi connectivity index (χ1n) is 7.14. The molecule has 2 unspecified atom stereocenters. The van der Waals surface area contributed by atoms with Crippen LogP contribution in [0, 0.1) is 0 Å². The van der Waals surface area contributed by atoms with Crippen LogP contribution in [0.1, 0.15) is 32.3 Å². The first-order valence-corrected chi connectivity index (χ1v) is 7.14. The maximum atomic E-state index is 12.1. The number of methoxy groups -OCH3 is 1. The molecule has 1 saturated heterocycles. The number of ether oxygens (including phenoxy) is 2. The maximum Gasteiger partial charge on any atom is 0.224 e. The Hall–Kier alpha value is -1.55. The molecule has 1 aromatic rings. The Morgan fingerprint density at radius 3 is 2.70 bits per heavy atom. The molecular weight excluding hydrogens is 254 g/mol. The lowest BCUT2D eigenvalue weighted by Crippen LogP contribution is -2.44. The normalized spacial score (nSPS) is 26.1. The summed E-state index contributed by atoms with van der Waals surface area (Å²) in [5.41, 5.74) is 0.968. The molecule has 0 saturated carbocycles. The van der Waals surface area contributed by atoms with E-state index in [1.807, 2.05) is 24.3 Å². The Balaban J connectivity index is 1.88. The number of carbonyl (C=O) groups is 1. The van der Waals surface area contributed by atoms with Gasteiger partial charge in [-0.3, -0.25) is 4.79 Å². The van der Waals surface area contributed by atoms with Crippen molar-refractivity contribution in [2.75, 3.05) is 7.11 Å². The number of amides is 1. The van der Waals surface area contributed by atoms with E-state index < -0.39 is 0 Å². The summed E-state index contributed by atoms with van der Waals surface area (Å²) in [6, 6.07) is 7.84. The first kappa shape index (κ1) is 14.9. The van der Waals surface area contributed by atoms with Crippen LogP contribution in [0.2, 0.25) is 0 Å². The van der Waals surface area contributed by atoms with Gasteiger partial charge < -0.3 is 14.8 Å². The molecule has 4 nitrogen and oxygen atoms in total. The second-order valence-electron chi connectivity index (χ2n) is 5.52. The van der Waals surface area contributed by atoms with Gasteiger partial charge in [-0.25, -0.2) is 0 Å². The molecule has 0 spiro atoms. The van der Waals surface area contributed by atoms with Crippen molar-refractivity contribution < 1.29 is 14.3 Å². The van der Waals surface area contributed by atoms with E-state index in [0.29, 0.717) is 6.42 Å². The van der Waals surface area contributed by atoms with E-state index in [1.165, 1.54) is 0 Å². The van der Waals surface area contributed by atoms with Gasteiger partial charge in [0, 0.05) is 6.04 Å². The highest BCUT2D eigenvalue weighted by molar-refractivity contribution is 5.79. The van der Waals surface area contributed by atoms with Crippen LogP contribution in [0.15, 0.2) is 24.3 Å². The Labute approximate surface area is 120 Å². The Morgan fingerprint density at radius 2 is 2.05 bits per heavy atom. The van der Waals surface area contributed by atoms with Crippen molar-refractivity contribution in [2.45, 2.75) is 51.4 Å². The third-order valence-electron chi connectivity index (χ3n) is 3.56. The zero-order chi connectivity index (χ0) is 14.5. The molecule has 2 rings (SSSR count). The number of rotatable bonds is 4. The molecule has 20 heavy (non-hydrogen) atoms. The highest BCUT2D eigenvalue weighted by Crippen LogP contribution is 2.19. The summed E-state index contributed by atoms with van der Waals surface area (Å²) in [6.07, 6.45) is 2.57. The topological polar surface area (TPSA) is 47.6 Å². The van der Waals surface area contributed by atoms with E-state index in [-0.39, 0.29) is 24.2 Å². The summed E-state index contributed by atoms with van der Waals surface area (Å²) >= 11 is 0. The Morgan fingerprint density at radius 1 is 1.35 bits per heavy atom. The van der Waals surface area contributed by atoms with Crippen LogP contribution >= 0.6 is 0 Å². The van der Waals surface area contributed by atoms with Crippen LogP contribution in [-0.4, -0.2) is 31.3 Å². The average Bonchev–Trinajstić information content (AvgIpc) is 2.37. The summed E-state index contributed by atoms with van der Waals surface area (Å²) in [5.74, 6) is 0.841. The third-order valence-corrected chi connectivity index (χ3v) is 3.56. The third kappa shape index (κ3) is 4.23. The van der Waals surface area contributed by atoms with E-state index in [1.54, 1.807) is 7.11 Å². The molecule has 1 N–H and O–H groups in total. The van der Waals surface area contributed by atoms with Crippen molar-refractivity contribution in [1.29, 1.82) is 0 Å². The quantitative estimate of drug-likeness (QED) is 0.918. The first-order chi connectivity index (χ1) is 9.56. The molecule has 0 aliphatic carbocycles. The van der Waals surface area contributed by atoms with Gasteiger partial charge in [-0.1, -0.05) is 12.1 Å². The van der Waals surface area contributed by atoms with Gasteiger partial charge in [-0.2, -0.15) is 0 Å². The minimum Gasteiger partial charge on any atom is -0.497 e. The van der Waals surface area contributed by atoms with E-state index in [4.69, 9.17) is 9.47 Å². The summed E-state index contributed by atoms with van der Waals surface area (Å²) in [4.78, 5) is 12.1. The number of hydrogen-bond donors (Lipinski definition) is 1. The van der Waals surface area contributed by atoms with Gasteiger partial charge in [-0.05, 0) is 44.4 Å². The predicted molar refractivity (Wildman–Crippen MR) is 77.9 cm³/mol. The van der Waals surface area contributed by atoms with Gasteiger partial charge in [0.25, 0.3) is 0 Å². The van der Waals surface area contributed by atoms with Crippen LogP contribution < -0.4 is 10.1 Å². The van der Waals surface area contributed by atoms with Crippen molar-refractivity contribution in [3.63, 3.8) is 0 Å². The monoisotopic (exact) mass is 277 g/mol. The average molecular weight is 277 g/mol. The molecule has 0 radical (unpaired) electrons. The fraction of sp³-hybridized carbons (Fsp3) is 0.562. The summed E-state index contributed by atoms with van der Waals surface area (Å²) in [6.45, 7) is 4.10. The number of nitrogens with one attached hydrogen (secondary N) is 1. The van der Waals surface area contributed by atoms with Crippen LogP contribution in [0.5, 0.6) is 5.75 Å². The van der Waals surface area contributed by atoms with Crippen molar-refractivity contribution in [1.82, 2.24) is 5.32 Å². The number of carbonyl (C=O) groups excluding carboxylic acids is 1. The lowest BCUT2D eigenvalue weighted by atomic mass is 9.99. The minimum absolute atomic E-state index is 0.0598. The van der Waals surface area contributed by atoms with Gasteiger partial charge in [0.15, 0.2) is 0 Å². The molecule has 0 bridgehead atoms. The van der Waals surface area contributed by atoms with E-state index >= 15 is 0 Å². The molecule has 2 atom stereocenters. The molecule has 1 aliphatic heterocycles. The van der Waals surface area contributed by atoms with E-state index in [0.717, 1.165) is 24.2 Å². The largest absolute Gasteiger partial charge is 0.497 e. The molecule has 1 heterocycles. The van der Waals surface area contributed by atoms with Gasteiger partial charge in [0.1, 0.15) is 5.75 Å². The lowest BCUT2D eigenvalue weighted by molar-refractivity contribution is -0.122. The summed E-state index contributed by atoms with van der Waals surface area (Å²) in [5, 5.41) is 3.11. The van der Waals surface area contributed by atoms with Gasteiger partial charge in [-0.15, -0.1) is 0 Å². The smallest absolute Gasteiger partial charge is 0.224 e. The molecule has 1 amide bonds. The molecule has 0 aromatic heterocycles. The molecular formula is C16H23NO3. The fourth-order valence-corrected chi connectivity index (χ4v) is 2.77. The molecule has 110 valence electrons. The zero-order valence-corrected chi connectivity index (χ0v) is 12.4. The zero-order valence-electron chi connectivity index (χ0n) is 12.4. The molecule has 1 fully saturated rings. The minimum atomic E-state index is 0.0598. The fourth-order valence-electron chi connectivity index (χ4n) is 2.77. The van der Waals surface area contributed by atoms with Crippen LogP contribution in [0.4, 0.5) is 0 Å². The van der Waals surface area contributed by atoms with Gasteiger partial charge >= 0.3 is 0 Å². The predicted octanol–water partition coefficient (Wildman–Crippen LogP) is 2.31. The summed E-state index contributed by atoms with van der Waals surface area (Å²) in [7, 11) is 1.63. The second-order valence-corrected chi connectivity index (χ2v) is 5.52. The van der Waals surface area contributed by atoms with Crippen molar-refractivity contribution in [3.8, 4) is 5.75 Å². The summed E-state index contributed by atoms with van der Waals surface area (Å²) < 4.78 is 10.8. The van der Waals surface area contributed by atoms with Crippen molar-refractivity contribution in [2.24, 2.45) is 0 Å². The van der Waals surface area contributed by atoms with Crippen molar-refractivity contribution in [3.05, 3.63) is 29.8 Å². The van der Waals surface area contributed by atoms with Crippen molar-refractivity contribution >= 4 is 5.91 Å². The maximum absolute atomic E-state index is 12.1. The standard InChI is InChI=1S/C16H23NO3/c1-11-7-14(8-12(2)20-11)17-16(18)10-13-5-4-6-15(9-13)19-3/h4-6,9,11-12,14H,7-8,10H2,1-3H3,(H,17,18). The Kier molecular flexibility index (Phi) is 5.01. The molecule has 4 heteroatoms. The van der Waals surface area contributed by atoms with Crippen LogP contribution in [0.3, 0.4) is 0 Å². The van der Waals surface area contributed by atoms with Gasteiger partial charge in [0.05, 0.1) is 25.7 Å². The van der Waals surface area contributed by atoms with Crippen LogP contribution in [0.25, 0.3) is 0 Å².